The standard InChI is InChI=1S/C31H34ClF3N4O3.C7H14O/c1-8-10-23(29-28(17(3)9-2)41-16-42-29)21(7)39-15-22(14-37-39)38-31(40)19(5)20(6)36-13-18(4)26-24(30(34)35)11-12-25(32)27(26)33;1-4-5-6(2)7(3)8/h10-15,21,30H,3,5,8-9,16H2,1-2,4,6-7H3,(H,38,40);6H,4-5H2,1-3H3/b18-13+,23-10-,36-20?;. The highest BCUT2D eigenvalue weighted by molar-refractivity contribution is 6.31. The zero-order valence-corrected chi connectivity index (χ0v) is 30.9. The summed E-state index contributed by atoms with van der Waals surface area (Å²) in [6.45, 7) is 22.6. The van der Waals surface area contributed by atoms with E-state index in [1.807, 2.05) is 33.8 Å². The molecule has 8 nitrogen and oxygen atoms in total. The van der Waals surface area contributed by atoms with Crippen molar-refractivity contribution in [1.82, 2.24) is 9.78 Å². The molecule has 2 unspecified atom stereocenters. The molecule has 1 aromatic heterocycles. The second kappa shape index (κ2) is 19.7. The number of allylic oxidation sites excluding steroid dienone is 4. The first kappa shape index (κ1) is 41.8. The zero-order valence-electron chi connectivity index (χ0n) is 30.1. The molecule has 0 spiro atoms. The Morgan fingerprint density at radius 3 is 2.34 bits per heavy atom. The van der Waals surface area contributed by atoms with Gasteiger partial charge in [-0.15, -0.1) is 0 Å². The number of aliphatic imine (C=N–C) groups is 1. The Balaban J connectivity index is 0.000000963. The van der Waals surface area contributed by atoms with Crippen molar-refractivity contribution in [2.24, 2.45) is 10.9 Å². The minimum atomic E-state index is -2.91. The number of ether oxygens (including phenoxy) is 2. The number of amides is 1. The van der Waals surface area contributed by atoms with Crippen LogP contribution in [0.25, 0.3) is 5.57 Å². The van der Waals surface area contributed by atoms with Crippen LogP contribution in [0.3, 0.4) is 0 Å². The van der Waals surface area contributed by atoms with Crippen molar-refractivity contribution in [2.45, 2.75) is 93.5 Å². The van der Waals surface area contributed by atoms with Gasteiger partial charge in [0.2, 0.25) is 6.79 Å². The van der Waals surface area contributed by atoms with Gasteiger partial charge < -0.3 is 14.8 Å². The fourth-order valence-electron chi connectivity index (χ4n) is 4.84. The molecule has 0 saturated heterocycles. The van der Waals surface area contributed by atoms with E-state index in [4.69, 9.17) is 21.1 Å². The van der Waals surface area contributed by atoms with E-state index in [1.54, 1.807) is 17.8 Å². The number of benzene rings is 1. The van der Waals surface area contributed by atoms with E-state index in [0.717, 1.165) is 42.5 Å². The van der Waals surface area contributed by atoms with Gasteiger partial charge in [0.15, 0.2) is 11.5 Å². The normalized spacial score (nSPS) is 14.8. The number of aromatic nitrogens is 2. The number of hydrogen-bond donors (Lipinski definition) is 1. The summed E-state index contributed by atoms with van der Waals surface area (Å²) in [4.78, 5) is 27.6. The van der Waals surface area contributed by atoms with Crippen molar-refractivity contribution in [1.29, 1.82) is 0 Å². The van der Waals surface area contributed by atoms with E-state index in [9.17, 15) is 22.8 Å². The number of nitrogens with zero attached hydrogens (tertiary/aromatic N) is 3. The number of rotatable bonds is 15. The third-order valence-electron chi connectivity index (χ3n) is 8.09. The summed E-state index contributed by atoms with van der Waals surface area (Å²) >= 11 is 5.80. The fourth-order valence-corrected chi connectivity index (χ4v) is 4.99. The van der Waals surface area contributed by atoms with Gasteiger partial charge in [0.25, 0.3) is 12.3 Å². The first-order valence-electron chi connectivity index (χ1n) is 16.5. The van der Waals surface area contributed by atoms with Gasteiger partial charge in [-0.25, -0.2) is 13.2 Å². The first-order chi connectivity index (χ1) is 23.6. The number of alkyl halides is 2. The topological polar surface area (TPSA) is 94.8 Å². The molecule has 0 saturated carbocycles. The van der Waals surface area contributed by atoms with Crippen molar-refractivity contribution < 1.29 is 32.2 Å². The number of hydrogen-bond acceptors (Lipinski definition) is 6. The van der Waals surface area contributed by atoms with Crippen molar-refractivity contribution >= 4 is 40.3 Å². The highest BCUT2D eigenvalue weighted by Crippen LogP contribution is 2.36. The molecule has 1 aromatic carbocycles. The molecule has 0 aliphatic carbocycles. The second-order valence-electron chi connectivity index (χ2n) is 11.9. The summed E-state index contributed by atoms with van der Waals surface area (Å²) in [5, 5.41) is 6.86. The average molecular weight is 717 g/mol. The summed E-state index contributed by atoms with van der Waals surface area (Å²) in [7, 11) is 0. The van der Waals surface area contributed by atoms with Gasteiger partial charge in [0, 0.05) is 40.7 Å². The number of carbonyl (C=O) groups excluding carboxylic acids is 2. The third-order valence-corrected chi connectivity index (χ3v) is 8.38. The zero-order chi connectivity index (χ0) is 37.7. The molecule has 1 aliphatic heterocycles. The Morgan fingerprint density at radius 1 is 1.12 bits per heavy atom. The van der Waals surface area contributed by atoms with Crippen LogP contribution in [0.15, 0.2) is 83.2 Å². The minimum Gasteiger partial charge on any atom is -0.453 e. The number of ketones is 1. The van der Waals surface area contributed by atoms with Crippen LogP contribution in [0, 0.1) is 11.7 Å². The van der Waals surface area contributed by atoms with Gasteiger partial charge in [-0.1, -0.05) is 71.0 Å². The molecular weight excluding hydrogens is 669 g/mol. The SMILES string of the molecule is C=C(CC)C1=C(/C(=C\CC)C(C)n2cc(NC(=O)C(=C)C(C)=N/C=C(\C)c3c(C(F)F)ccc(Cl)c3F)cn2)OCO1.CCCC(C)C(C)=O. The Kier molecular flexibility index (Phi) is 16.5. The lowest BCUT2D eigenvalue weighted by Crippen LogP contribution is -2.18. The van der Waals surface area contributed by atoms with Crippen molar-refractivity contribution in [3.05, 3.63) is 100 Å². The molecule has 3 rings (SSSR count). The minimum absolute atomic E-state index is 0.0245. The van der Waals surface area contributed by atoms with Crippen LogP contribution in [0.5, 0.6) is 0 Å². The quantitative estimate of drug-likeness (QED) is 0.146. The van der Waals surface area contributed by atoms with Crippen LogP contribution in [-0.2, 0) is 19.1 Å². The molecule has 0 fully saturated rings. The average Bonchev–Trinajstić information content (AvgIpc) is 3.76. The summed E-state index contributed by atoms with van der Waals surface area (Å²) in [6, 6.07) is 1.89. The first-order valence-corrected chi connectivity index (χ1v) is 16.9. The van der Waals surface area contributed by atoms with E-state index in [-0.39, 0.29) is 46.2 Å². The maximum Gasteiger partial charge on any atom is 0.264 e. The number of halogens is 4. The van der Waals surface area contributed by atoms with Gasteiger partial charge in [-0.3, -0.25) is 19.3 Å². The molecule has 50 heavy (non-hydrogen) atoms. The summed E-state index contributed by atoms with van der Waals surface area (Å²) in [6.07, 6.45) is 7.11. The molecule has 1 amide bonds. The molecule has 2 aromatic rings. The molecule has 0 bridgehead atoms. The van der Waals surface area contributed by atoms with Crippen LogP contribution in [0.2, 0.25) is 5.02 Å². The Labute approximate surface area is 298 Å². The third kappa shape index (κ3) is 11.1. The molecule has 2 heterocycles. The van der Waals surface area contributed by atoms with Gasteiger partial charge in [0.05, 0.1) is 28.5 Å². The van der Waals surface area contributed by atoms with Crippen molar-refractivity contribution in [2.75, 3.05) is 12.1 Å². The van der Waals surface area contributed by atoms with Crippen molar-refractivity contribution in [3.63, 3.8) is 0 Å². The summed E-state index contributed by atoms with van der Waals surface area (Å²) < 4.78 is 54.6. The number of nitrogens with one attached hydrogen (secondary N) is 1. The number of anilines is 1. The highest BCUT2D eigenvalue weighted by atomic mass is 35.5. The van der Waals surface area contributed by atoms with Crippen LogP contribution in [0.1, 0.15) is 105 Å². The Morgan fingerprint density at radius 2 is 1.78 bits per heavy atom. The largest absolute Gasteiger partial charge is 0.453 e. The lowest BCUT2D eigenvalue weighted by molar-refractivity contribution is -0.120. The number of Topliss-reactive ketones (excluding diaryl/α,β-unsaturated/α-hetero) is 1. The lowest BCUT2D eigenvalue weighted by Gasteiger charge is -2.18. The maximum absolute atomic E-state index is 14.6. The van der Waals surface area contributed by atoms with E-state index >= 15 is 0 Å². The van der Waals surface area contributed by atoms with Gasteiger partial charge in [0.1, 0.15) is 11.6 Å². The molecule has 0 radical (unpaired) electrons. The number of carbonyl (C=O) groups is 2. The van der Waals surface area contributed by atoms with E-state index < -0.39 is 23.7 Å². The van der Waals surface area contributed by atoms with Crippen LogP contribution in [0.4, 0.5) is 18.9 Å². The predicted octanol–water partition coefficient (Wildman–Crippen LogP) is 10.7. The van der Waals surface area contributed by atoms with E-state index in [2.05, 4.69) is 35.5 Å². The summed E-state index contributed by atoms with van der Waals surface area (Å²) in [5.74, 6) is 0.332. The maximum atomic E-state index is 14.6. The molecular formula is C38H48ClF3N4O4. The Hall–Kier alpha value is -4.38. The van der Waals surface area contributed by atoms with Gasteiger partial charge in [-0.05, 0) is 64.2 Å². The van der Waals surface area contributed by atoms with Crippen LogP contribution >= 0.6 is 11.6 Å². The monoisotopic (exact) mass is 716 g/mol. The smallest absolute Gasteiger partial charge is 0.264 e. The lowest BCUT2D eigenvalue weighted by atomic mass is 10.0. The Bertz CT molecular complexity index is 1690. The molecule has 272 valence electrons. The van der Waals surface area contributed by atoms with Gasteiger partial charge in [-0.2, -0.15) is 5.10 Å². The van der Waals surface area contributed by atoms with Crippen molar-refractivity contribution in [3.8, 4) is 0 Å². The van der Waals surface area contributed by atoms with Crippen LogP contribution < -0.4 is 5.32 Å². The fraction of sp³-hybridized carbons (Fsp3) is 0.421. The molecule has 12 heteroatoms. The molecule has 2 atom stereocenters. The highest BCUT2D eigenvalue weighted by Gasteiger charge is 2.27. The van der Waals surface area contributed by atoms with E-state index in [1.165, 1.54) is 26.2 Å². The van der Waals surface area contributed by atoms with Crippen LogP contribution in [-0.4, -0.2) is 34.0 Å². The predicted molar refractivity (Wildman–Crippen MR) is 194 cm³/mol. The molecule has 1 N–H and O–H groups in total. The van der Waals surface area contributed by atoms with E-state index in [0.29, 0.717) is 29.4 Å². The summed E-state index contributed by atoms with van der Waals surface area (Å²) in [5.41, 5.74) is 1.63. The second-order valence-corrected chi connectivity index (χ2v) is 12.3. The van der Waals surface area contributed by atoms with Gasteiger partial charge >= 0.3 is 0 Å². The molecule has 1 aliphatic rings.